The zero-order chi connectivity index (χ0) is 17.8. The van der Waals surface area contributed by atoms with Crippen LogP contribution in [-0.4, -0.2) is 63.8 Å². The van der Waals surface area contributed by atoms with Crippen molar-refractivity contribution in [2.45, 2.75) is 69.9 Å². The van der Waals surface area contributed by atoms with Crippen LogP contribution in [0.1, 0.15) is 27.2 Å². The fraction of sp³-hybridized carbons (Fsp3) is 0.867. The van der Waals surface area contributed by atoms with Crippen LogP contribution in [0, 0.1) is 0 Å². The number of ether oxygens (including phenoxy) is 2. The van der Waals surface area contributed by atoms with Crippen LogP contribution >= 0.6 is 0 Å². The van der Waals surface area contributed by atoms with E-state index in [9.17, 15) is 9.90 Å². The summed E-state index contributed by atoms with van der Waals surface area (Å²) in [6, 6.07) is 0. The molecule has 8 heteroatoms. The number of aliphatic hydroxyl groups is 1. The normalized spacial score (nSPS) is 29.3. The monoisotopic (exact) mass is 346 g/mol. The third kappa shape index (κ3) is 5.08. The minimum Gasteiger partial charge on any atom is -0.408 e. The molecule has 1 fully saturated rings. The van der Waals surface area contributed by atoms with Crippen molar-refractivity contribution in [3.05, 3.63) is 0 Å². The minimum atomic E-state index is -2.06. The van der Waals surface area contributed by atoms with E-state index in [-0.39, 0.29) is 18.1 Å². The van der Waals surface area contributed by atoms with E-state index < -0.39 is 38.8 Å². The number of hydrogen-bond donors (Lipinski definition) is 2. The Balaban J connectivity index is 2.92. The van der Waals surface area contributed by atoms with Gasteiger partial charge in [-0.05, 0) is 18.1 Å². The van der Waals surface area contributed by atoms with E-state index in [0.717, 1.165) is 0 Å². The Hall–Kier alpha value is -0.803. The molecule has 0 aromatic heterocycles. The predicted octanol–water partition coefficient (Wildman–Crippen LogP) is 1.06. The summed E-state index contributed by atoms with van der Waals surface area (Å²) in [7, 11) is -0.500. The molecule has 1 amide bonds. The molecular weight excluding hydrogens is 316 g/mol. The molecule has 7 nitrogen and oxygen atoms in total. The van der Waals surface area contributed by atoms with Crippen LogP contribution in [0.25, 0.3) is 0 Å². The molecule has 4 unspecified atom stereocenters. The lowest BCUT2D eigenvalue weighted by Gasteiger charge is -2.40. The van der Waals surface area contributed by atoms with Crippen LogP contribution < -0.4 is 5.73 Å². The maximum Gasteiger partial charge on any atom is 0.222 e. The highest BCUT2D eigenvalue weighted by Crippen LogP contribution is 2.40. The quantitative estimate of drug-likeness (QED) is 0.530. The molecular formula is C15H30N2O5Si. The molecule has 0 saturated carbocycles. The van der Waals surface area contributed by atoms with E-state index in [4.69, 9.17) is 19.6 Å². The number of nitrogens with two attached hydrogens (primary N) is 1. The molecule has 0 spiro atoms. The van der Waals surface area contributed by atoms with Crippen molar-refractivity contribution in [3.8, 4) is 0 Å². The molecule has 1 saturated heterocycles. The first kappa shape index (κ1) is 20.2. The van der Waals surface area contributed by atoms with Crippen LogP contribution in [0.3, 0.4) is 0 Å². The highest BCUT2D eigenvalue weighted by atomic mass is 28.4. The Morgan fingerprint density at radius 2 is 2.00 bits per heavy atom. The van der Waals surface area contributed by atoms with Crippen molar-refractivity contribution in [3.63, 3.8) is 0 Å². The highest BCUT2D eigenvalue weighted by Gasteiger charge is 2.50. The number of rotatable bonds is 7. The maximum absolute atomic E-state index is 10.8. The lowest BCUT2D eigenvalue weighted by atomic mass is 10.1. The molecule has 3 N–H and O–H groups in total. The number of carbonyl (C=O) groups excluding carboxylic acids is 1. The van der Waals surface area contributed by atoms with Gasteiger partial charge < -0.3 is 24.7 Å². The summed E-state index contributed by atoms with van der Waals surface area (Å²) in [5.41, 5.74) is 5.09. The Bertz CT molecular complexity index is 436. The van der Waals surface area contributed by atoms with E-state index in [1.807, 2.05) is 0 Å². The molecule has 23 heavy (non-hydrogen) atoms. The summed E-state index contributed by atoms with van der Waals surface area (Å²) in [4.78, 5) is 15.0. The fourth-order valence-electron chi connectivity index (χ4n) is 2.13. The number of carbonyl (C=O) groups is 1. The van der Waals surface area contributed by atoms with Gasteiger partial charge in [-0.15, -0.1) is 0 Å². The summed E-state index contributed by atoms with van der Waals surface area (Å²) >= 11 is 0. The number of primary amides is 1. The molecule has 1 aliphatic rings. The number of aliphatic hydroxyl groups excluding tert-OH is 1. The van der Waals surface area contributed by atoms with Crippen molar-refractivity contribution < 1.29 is 23.8 Å². The predicted molar refractivity (Wildman–Crippen MR) is 90.9 cm³/mol. The first-order valence-corrected chi connectivity index (χ1v) is 10.7. The van der Waals surface area contributed by atoms with E-state index in [1.54, 1.807) is 7.11 Å². The smallest absolute Gasteiger partial charge is 0.222 e. The average Bonchev–Trinajstić information content (AvgIpc) is 2.73. The third-order valence-electron chi connectivity index (χ3n) is 4.52. The number of hydrogen-bond acceptors (Lipinski definition) is 6. The van der Waals surface area contributed by atoms with Crippen LogP contribution in [0.5, 0.6) is 0 Å². The summed E-state index contributed by atoms with van der Waals surface area (Å²) < 4.78 is 17.6. The summed E-state index contributed by atoms with van der Waals surface area (Å²) in [6.07, 6.45) is -0.515. The molecule has 1 rings (SSSR count). The summed E-state index contributed by atoms with van der Waals surface area (Å²) in [5.74, 6) is -0.464. The Kier molecular flexibility index (Phi) is 6.91. The van der Waals surface area contributed by atoms with Gasteiger partial charge in [0.25, 0.3) is 0 Å². The van der Waals surface area contributed by atoms with Gasteiger partial charge in [0, 0.05) is 13.3 Å². The summed E-state index contributed by atoms with van der Waals surface area (Å²) in [5, 5.41) is 9.64. The minimum absolute atomic E-state index is 0.0264. The number of aliphatic imine (C=N–C) groups is 1. The highest BCUT2D eigenvalue weighted by molar-refractivity contribution is 6.74. The van der Waals surface area contributed by atoms with Crippen LogP contribution in [0.15, 0.2) is 4.99 Å². The SMILES string of the molecule is COC1C(N=CCC(N)=O)OC(CO)C1O[Si](C)(C)C(C)(C)C. The molecule has 0 aliphatic carbocycles. The first-order valence-electron chi connectivity index (χ1n) is 7.80. The number of methoxy groups -OCH3 is 1. The van der Waals surface area contributed by atoms with Crippen LogP contribution in [0.4, 0.5) is 0 Å². The second kappa shape index (κ2) is 7.85. The van der Waals surface area contributed by atoms with Gasteiger partial charge in [0.1, 0.15) is 18.3 Å². The molecule has 1 heterocycles. The zero-order valence-corrected chi connectivity index (χ0v) is 15.9. The van der Waals surface area contributed by atoms with Gasteiger partial charge in [-0.3, -0.25) is 9.79 Å². The molecule has 0 radical (unpaired) electrons. The Morgan fingerprint density at radius 3 is 2.43 bits per heavy atom. The maximum atomic E-state index is 10.8. The van der Waals surface area contributed by atoms with Crippen molar-refractivity contribution in [1.82, 2.24) is 0 Å². The van der Waals surface area contributed by atoms with E-state index in [1.165, 1.54) is 6.21 Å². The van der Waals surface area contributed by atoms with Crippen molar-refractivity contribution in [1.29, 1.82) is 0 Å². The molecule has 134 valence electrons. The molecule has 4 atom stereocenters. The lowest BCUT2D eigenvalue weighted by Crippen LogP contribution is -2.50. The van der Waals surface area contributed by atoms with E-state index >= 15 is 0 Å². The van der Waals surface area contributed by atoms with Gasteiger partial charge >= 0.3 is 0 Å². The largest absolute Gasteiger partial charge is 0.408 e. The standard InChI is InChI=1S/C15H30N2O5Si/c1-15(2,3)23(5,6)22-12-10(9-18)21-14(13(12)20-4)17-8-7-11(16)19/h8,10,12-14,18H,7,9H2,1-6H3,(H2,16,19). The van der Waals surface area contributed by atoms with Crippen LogP contribution in [0.2, 0.25) is 18.1 Å². The molecule has 0 aromatic carbocycles. The van der Waals surface area contributed by atoms with Crippen molar-refractivity contribution in [2.24, 2.45) is 10.7 Å². The van der Waals surface area contributed by atoms with Gasteiger partial charge in [0.2, 0.25) is 5.91 Å². The molecule has 1 aliphatic heterocycles. The van der Waals surface area contributed by atoms with Gasteiger partial charge in [-0.1, -0.05) is 20.8 Å². The number of amides is 1. The topological polar surface area (TPSA) is 103 Å². The van der Waals surface area contributed by atoms with Gasteiger partial charge in [-0.25, -0.2) is 0 Å². The Morgan fingerprint density at radius 1 is 1.39 bits per heavy atom. The van der Waals surface area contributed by atoms with E-state index in [0.29, 0.717) is 0 Å². The Labute approximate surface area is 139 Å². The second-order valence-corrected chi connectivity index (χ2v) is 12.0. The number of nitrogens with zero attached hydrogens (tertiary/aromatic N) is 1. The third-order valence-corrected chi connectivity index (χ3v) is 8.99. The van der Waals surface area contributed by atoms with Gasteiger partial charge in [-0.2, -0.15) is 0 Å². The fourth-order valence-corrected chi connectivity index (χ4v) is 3.45. The van der Waals surface area contributed by atoms with E-state index in [2.05, 4.69) is 38.9 Å². The first-order chi connectivity index (χ1) is 10.5. The van der Waals surface area contributed by atoms with Crippen molar-refractivity contribution >= 4 is 20.4 Å². The second-order valence-electron chi connectivity index (χ2n) is 7.29. The van der Waals surface area contributed by atoms with Gasteiger partial charge in [0.15, 0.2) is 14.5 Å². The average molecular weight is 347 g/mol. The zero-order valence-electron chi connectivity index (χ0n) is 14.9. The lowest BCUT2D eigenvalue weighted by molar-refractivity contribution is -0.116. The van der Waals surface area contributed by atoms with Gasteiger partial charge in [0.05, 0.1) is 13.0 Å². The molecule has 0 bridgehead atoms. The summed E-state index contributed by atoms with van der Waals surface area (Å²) in [6.45, 7) is 10.5. The molecule has 0 aromatic rings. The van der Waals surface area contributed by atoms with Crippen molar-refractivity contribution in [2.75, 3.05) is 13.7 Å². The van der Waals surface area contributed by atoms with Crippen LogP contribution in [-0.2, 0) is 18.7 Å².